The van der Waals surface area contributed by atoms with Crippen molar-refractivity contribution in [3.05, 3.63) is 51.8 Å². The number of aryl methyl sites for hydroxylation is 1. The molecule has 20 heavy (non-hydrogen) atoms. The average molecular weight is 290 g/mol. The van der Waals surface area contributed by atoms with E-state index in [1.165, 1.54) is 6.07 Å². The molecule has 0 bridgehead atoms. The van der Waals surface area contributed by atoms with E-state index in [9.17, 15) is 10.1 Å². The molecule has 0 unspecified atom stereocenters. The van der Waals surface area contributed by atoms with E-state index < -0.39 is 4.92 Å². The minimum Gasteiger partial charge on any atom is -0.453 e. The molecule has 1 aromatic heterocycles. The Kier molecular flexibility index (Phi) is 3.85. The minimum absolute atomic E-state index is 0.0293. The highest BCUT2D eigenvalue weighted by Crippen LogP contribution is 2.32. The maximum atomic E-state index is 11.1. The summed E-state index contributed by atoms with van der Waals surface area (Å²) in [5, 5.41) is 11.1. The van der Waals surface area contributed by atoms with Crippen molar-refractivity contribution < 1.29 is 9.34 Å². The zero-order chi connectivity index (χ0) is 14.9. The van der Waals surface area contributed by atoms with E-state index in [1.54, 1.807) is 23.1 Å². The Bertz CT molecular complexity index is 677. The van der Waals surface area contributed by atoms with Crippen molar-refractivity contribution in [2.45, 2.75) is 6.92 Å². The number of nitro benzene ring substituents is 1. The molecule has 104 valence electrons. The van der Waals surface area contributed by atoms with Crippen LogP contribution in [0.2, 0.25) is 0 Å². The first-order valence-electron chi connectivity index (χ1n) is 5.97. The van der Waals surface area contributed by atoms with E-state index >= 15 is 0 Å². The van der Waals surface area contributed by atoms with Gasteiger partial charge in [0.2, 0.25) is 0 Å². The van der Waals surface area contributed by atoms with Crippen molar-refractivity contribution in [2.24, 2.45) is 0 Å². The smallest absolute Gasteiger partial charge is 0.280 e. The van der Waals surface area contributed by atoms with Gasteiger partial charge in [-0.05, 0) is 30.7 Å². The summed E-state index contributed by atoms with van der Waals surface area (Å²) in [5.41, 5.74) is 1.31. The largest absolute Gasteiger partial charge is 0.453 e. The number of thiocarbonyl (C=S) groups is 1. The third-order valence-corrected chi connectivity index (χ3v) is 3.40. The summed E-state index contributed by atoms with van der Waals surface area (Å²) in [6.45, 7) is 1.81. The van der Waals surface area contributed by atoms with Crippen LogP contribution in [-0.2, 0) is 0 Å². The third kappa shape index (κ3) is 2.70. The zero-order valence-corrected chi connectivity index (χ0v) is 12.2. The molecule has 5 nitrogen and oxygen atoms in total. The second-order valence-electron chi connectivity index (χ2n) is 4.64. The van der Waals surface area contributed by atoms with Crippen LogP contribution in [0, 0.1) is 17.0 Å². The molecule has 0 amide bonds. The van der Waals surface area contributed by atoms with Gasteiger partial charge in [-0.2, -0.15) is 0 Å². The maximum Gasteiger partial charge on any atom is 0.280 e. The molecule has 0 aliphatic heterocycles. The number of hydrogen-bond acceptors (Lipinski definition) is 4. The predicted molar refractivity (Wildman–Crippen MR) is 80.9 cm³/mol. The minimum atomic E-state index is -0.408. The van der Waals surface area contributed by atoms with E-state index in [2.05, 4.69) is 0 Å². The molecular weight excluding hydrogens is 276 g/mol. The molecule has 0 aliphatic rings. The number of nitrogens with zero attached hydrogens (tertiary/aromatic N) is 2. The van der Waals surface area contributed by atoms with E-state index in [0.29, 0.717) is 22.1 Å². The first kappa shape index (κ1) is 14.2. The number of hydrogen-bond donors (Lipinski definition) is 0. The summed E-state index contributed by atoms with van der Waals surface area (Å²) in [5.74, 6) is 0.964. The van der Waals surface area contributed by atoms with Crippen molar-refractivity contribution in [3.8, 4) is 11.3 Å². The van der Waals surface area contributed by atoms with E-state index in [-0.39, 0.29) is 5.69 Å². The Balaban J connectivity index is 2.48. The summed E-state index contributed by atoms with van der Waals surface area (Å²) in [6.07, 6.45) is 0. The molecule has 0 N–H and O–H groups in total. The van der Waals surface area contributed by atoms with Crippen molar-refractivity contribution in [2.75, 3.05) is 14.1 Å². The Hall–Kier alpha value is -2.21. The van der Waals surface area contributed by atoms with Crippen molar-refractivity contribution >= 4 is 22.9 Å². The monoisotopic (exact) mass is 290 g/mol. The van der Waals surface area contributed by atoms with Gasteiger partial charge in [0, 0.05) is 20.2 Å². The van der Waals surface area contributed by atoms with E-state index in [0.717, 1.165) is 5.56 Å². The zero-order valence-electron chi connectivity index (χ0n) is 11.4. The van der Waals surface area contributed by atoms with Crippen molar-refractivity contribution in [1.82, 2.24) is 4.90 Å². The third-order valence-electron chi connectivity index (χ3n) is 2.84. The van der Waals surface area contributed by atoms with Crippen LogP contribution in [0.25, 0.3) is 11.3 Å². The summed E-state index contributed by atoms with van der Waals surface area (Å²) < 4.78 is 5.64. The molecule has 0 fully saturated rings. The van der Waals surface area contributed by atoms with Crippen LogP contribution in [0.5, 0.6) is 0 Å². The molecule has 1 aromatic carbocycles. The van der Waals surface area contributed by atoms with Gasteiger partial charge in [-0.25, -0.2) is 0 Å². The fourth-order valence-electron chi connectivity index (χ4n) is 1.82. The second kappa shape index (κ2) is 5.42. The summed E-state index contributed by atoms with van der Waals surface area (Å²) in [4.78, 5) is 13.0. The van der Waals surface area contributed by atoms with Gasteiger partial charge in [0.1, 0.15) is 10.7 Å². The fourth-order valence-corrected chi connectivity index (χ4v) is 1.93. The van der Waals surface area contributed by atoms with Gasteiger partial charge < -0.3 is 9.32 Å². The highest BCUT2D eigenvalue weighted by molar-refractivity contribution is 7.80. The van der Waals surface area contributed by atoms with Gasteiger partial charge in [0.05, 0.1) is 10.5 Å². The standard InChI is InChI=1S/C14H14N2O3S/c1-9-4-5-10(11(8-9)16(17)18)12-6-7-13(19-12)14(20)15(2)3/h4-8H,1-3H3. The van der Waals surface area contributed by atoms with E-state index in [1.807, 2.05) is 27.1 Å². The molecule has 2 rings (SSSR count). The molecule has 0 saturated carbocycles. The average Bonchev–Trinajstić information content (AvgIpc) is 2.86. The molecule has 0 radical (unpaired) electrons. The number of nitro groups is 1. The Labute approximate surface area is 122 Å². The highest BCUT2D eigenvalue weighted by atomic mass is 32.1. The van der Waals surface area contributed by atoms with Crippen LogP contribution < -0.4 is 0 Å². The molecule has 2 aromatic rings. The van der Waals surface area contributed by atoms with Gasteiger partial charge in [0.15, 0.2) is 5.76 Å². The summed E-state index contributed by atoms with van der Waals surface area (Å²) in [6, 6.07) is 8.45. The molecular formula is C14H14N2O3S. The highest BCUT2D eigenvalue weighted by Gasteiger charge is 2.19. The second-order valence-corrected chi connectivity index (χ2v) is 5.03. The predicted octanol–water partition coefficient (Wildman–Crippen LogP) is 3.40. The van der Waals surface area contributed by atoms with Gasteiger partial charge in [-0.3, -0.25) is 10.1 Å². The lowest BCUT2D eigenvalue weighted by molar-refractivity contribution is -0.384. The Morgan fingerprint density at radius 3 is 2.60 bits per heavy atom. The molecule has 0 saturated heterocycles. The first-order valence-corrected chi connectivity index (χ1v) is 6.38. The van der Waals surface area contributed by atoms with Gasteiger partial charge in [-0.1, -0.05) is 18.3 Å². The van der Waals surface area contributed by atoms with Crippen molar-refractivity contribution in [3.63, 3.8) is 0 Å². The van der Waals surface area contributed by atoms with Crippen LogP contribution >= 0.6 is 12.2 Å². The van der Waals surface area contributed by atoms with Crippen LogP contribution in [0.1, 0.15) is 11.3 Å². The van der Waals surface area contributed by atoms with Crippen LogP contribution in [0.3, 0.4) is 0 Å². The maximum absolute atomic E-state index is 11.1. The molecule has 0 aliphatic carbocycles. The van der Waals surface area contributed by atoms with Crippen LogP contribution in [-0.4, -0.2) is 28.9 Å². The lowest BCUT2D eigenvalue weighted by atomic mass is 10.1. The lowest BCUT2D eigenvalue weighted by Crippen LogP contribution is -2.19. The normalized spacial score (nSPS) is 10.3. The lowest BCUT2D eigenvalue weighted by Gasteiger charge is -2.10. The fraction of sp³-hybridized carbons (Fsp3) is 0.214. The first-order chi connectivity index (χ1) is 9.40. The Morgan fingerprint density at radius 2 is 2.00 bits per heavy atom. The number of furan rings is 1. The SMILES string of the molecule is Cc1ccc(-c2ccc(C(=S)N(C)C)o2)c([N+](=O)[O-])c1. The quantitative estimate of drug-likeness (QED) is 0.492. The topological polar surface area (TPSA) is 59.5 Å². The molecule has 6 heteroatoms. The number of benzene rings is 1. The van der Waals surface area contributed by atoms with Gasteiger partial charge in [-0.15, -0.1) is 0 Å². The van der Waals surface area contributed by atoms with Gasteiger partial charge in [0.25, 0.3) is 5.69 Å². The van der Waals surface area contributed by atoms with E-state index in [4.69, 9.17) is 16.6 Å². The number of rotatable bonds is 3. The molecule has 0 spiro atoms. The molecule has 1 heterocycles. The Morgan fingerprint density at radius 1 is 1.30 bits per heavy atom. The molecule has 0 atom stereocenters. The van der Waals surface area contributed by atoms with Crippen LogP contribution in [0.4, 0.5) is 5.69 Å². The summed E-state index contributed by atoms with van der Waals surface area (Å²) in [7, 11) is 3.64. The summed E-state index contributed by atoms with van der Waals surface area (Å²) >= 11 is 5.21. The van der Waals surface area contributed by atoms with Crippen LogP contribution in [0.15, 0.2) is 34.7 Å². The van der Waals surface area contributed by atoms with Crippen molar-refractivity contribution in [1.29, 1.82) is 0 Å². The van der Waals surface area contributed by atoms with Gasteiger partial charge >= 0.3 is 0 Å².